The molecule has 0 amide bonds. The molecule has 3 aromatic rings. The van der Waals surface area contributed by atoms with Crippen molar-refractivity contribution in [1.82, 2.24) is 9.97 Å². The highest BCUT2D eigenvalue weighted by Crippen LogP contribution is 2.37. The van der Waals surface area contributed by atoms with Crippen LogP contribution in [0.15, 0.2) is 35.1 Å². The van der Waals surface area contributed by atoms with E-state index in [4.69, 9.17) is 17.3 Å². The zero-order valence-electron chi connectivity index (χ0n) is 13.4. The van der Waals surface area contributed by atoms with E-state index in [0.717, 1.165) is 34.1 Å². The number of aromatic carboxylic acids is 1. The number of nitrogens with one attached hydrogen (secondary N) is 1. The predicted molar refractivity (Wildman–Crippen MR) is 103 cm³/mol. The average Bonchev–Trinajstić information content (AvgIpc) is 2.96. The van der Waals surface area contributed by atoms with Gasteiger partial charge in [0.2, 0.25) is 0 Å². The van der Waals surface area contributed by atoms with E-state index in [1.54, 1.807) is 24.5 Å². The minimum atomic E-state index is -0.973. The highest BCUT2D eigenvalue weighted by atomic mass is 79.9. The number of carboxylic acid groups (broad SMARTS) is 1. The molecule has 4 N–H and O–H groups in total. The first kappa shape index (κ1) is 17.9. The zero-order chi connectivity index (χ0) is 18.0. The molecule has 0 aliphatic rings. The number of aromatic nitrogens is 2. The molecule has 3 rings (SSSR count). The number of hydrogen-bond acceptors (Lipinski definition) is 3. The molecule has 0 saturated carbocycles. The maximum atomic E-state index is 11.7. The molecule has 0 aliphatic carbocycles. The van der Waals surface area contributed by atoms with Crippen molar-refractivity contribution >= 4 is 44.4 Å². The third-order valence-corrected chi connectivity index (χ3v) is 4.86. The summed E-state index contributed by atoms with van der Waals surface area (Å²) in [4.78, 5) is 19.2. The van der Waals surface area contributed by atoms with Gasteiger partial charge in [0.1, 0.15) is 0 Å². The lowest BCUT2D eigenvalue weighted by atomic mass is 9.98. The molecule has 1 aromatic carbocycles. The number of fused-ring (bicyclic) bond motifs is 1. The molecular formula is C18H17BrClN3O2. The van der Waals surface area contributed by atoms with Crippen LogP contribution in [-0.2, 0) is 6.42 Å². The van der Waals surface area contributed by atoms with E-state index in [1.807, 2.05) is 6.07 Å². The second kappa shape index (κ2) is 7.56. The standard InChI is InChI=1S/C18H17BrClN3O2/c19-11-7-10(8-22-9-11)16-12(3-1-2-6-21)15-13(18(24)25)4-5-14(20)17(15)23-16/h4-5,7-9,23H,1-3,6,21H2,(H,24,25). The fourth-order valence-corrected chi connectivity index (χ4v) is 3.58. The first-order valence-corrected chi connectivity index (χ1v) is 9.07. The summed E-state index contributed by atoms with van der Waals surface area (Å²) in [6, 6.07) is 5.10. The van der Waals surface area contributed by atoms with Crippen LogP contribution >= 0.6 is 27.5 Å². The molecule has 0 bridgehead atoms. The molecule has 0 spiro atoms. The van der Waals surface area contributed by atoms with E-state index in [9.17, 15) is 9.90 Å². The minimum Gasteiger partial charge on any atom is -0.478 e. The Hall–Kier alpha value is -1.89. The number of carboxylic acids is 1. The summed E-state index contributed by atoms with van der Waals surface area (Å²) < 4.78 is 0.848. The van der Waals surface area contributed by atoms with Crippen LogP contribution in [0.2, 0.25) is 5.02 Å². The number of H-pyrrole nitrogens is 1. The number of aromatic amines is 1. The van der Waals surface area contributed by atoms with Crippen molar-refractivity contribution in [3.8, 4) is 11.3 Å². The van der Waals surface area contributed by atoms with Crippen molar-refractivity contribution < 1.29 is 9.90 Å². The largest absolute Gasteiger partial charge is 0.478 e. The predicted octanol–water partition coefficient (Wildman–Crippen LogP) is 4.63. The lowest BCUT2D eigenvalue weighted by Gasteiger charge is -2.07. The first-order valence-electron chi connectivity index (χ1n) is 7.90. The minimum absolute atomic E-state index is 0.243. The van der Waals surface area contributed by atoms with Crippen molar-refractivity contribution in [3.63, 3.8) is 0 Å². The third-order valence-electron chi connectivity index (χ3n) is 4.11. The van der Waals surface area contributed by atoms with Crippen LogP contribution in [0.4, 0.5) is 0 Å². The van der Waals surface area contributed by atoms with Crippen molar-refractivity contribution in [2.75, 3.05) is 6.54 Å². The van der Waals surface area contributed by atoms with Gasteiger partial charge in [-0.1, -0.05) is 11.6 Å². The van der Waals surface area contributed by atoms with Gasteiger partial charge in [-0.25, -0.2) is 4.79 Å². The Morgan fingerprint density at radius 3 is 2.80 bits per heavy atom. The number of pyridine rings is 1. The summed E-state index contributed by atoms with van der Waals surface area (Å²) in [6.45, 7) is 0.600. The van der Waals surface area contributed by atoms with Crippen LogP contribution in [-0.4, -0.2) is 27.6 Å². The van der Waals surface area contributed by atoms with Gasteiger partial charge >= 0.3 is 5.97 Å². The number of aryl methyl sites for hydroxylation is 1. The smallest absolute Gasteiger partial charge is 0.336 e. The van der Waals surface area contributed by atoms with Gasteiger partial charge in [-0.3, -0.25) is 4.98 Å². The molecule has 7 heteroatoms. The molecule has 0 unspecified atom stereocenters. The Morgan fingerprint density at radius 1 is 1.32 bits per heavy atom. The Labute approximate surface area is 158 Å². The average molecular weight is 423 g/mol. The van der Waals surface area contributed by atoms with Crippen molar-refractivity contribution in [2.45, 2.75) is 19.3 Å². The van der Waals surface area contributed by atoms with E-state index in [-0.39, 0.29) is 5.56 Å². The van der Waals surface area contributed by atoms with Gasteiger partial charge < -0.3 is 15.8 Å². The molecule has 2 heterocycles. The normalized spacial score (nSPS) is 11.2. The number of halogens is 2. The molecular weight excluding hydrogens is 406 g/mol. The number of nitrogens with two attached hydrogens (primary N) is 1. The van der Waals surface area contributed by atoms with E-state index in [1.165, 1.54) is 0 Å². The second-order valence-corrected chi connectivity index (χ2v) is 7.09. The van der Waals surface area contributed by atoms with Gasteiger partial charge in [-0.05, 0) is 65.5 Å². The first-order chi connectivity index (χ1) is 12.0. The molecule has 5 nitrogen and oxygen atoms in total. The number of hydrogen-bond donors (Lipinski definition) is 3. The van der Waals surface area contributed by atoms with Crippen LogP contribution in [0.1, 0.15) is 28.8 Å². The lowest BCUT2D eigenvalue weighted by molar-refractivity contribution is 0.0699. The number of carbonyl (C=O) groups is 1. The number of benzene rings is 1. The number of unbranched alkanes of at least 4 members (excludes halogenated alkanes) is 1. The van der Waals surface area contributed by atoms with Crippen LogP contribution in [0, 0.1) is 0 Å². The van der Waals surface area contributed by atoms with E-state index < -0.39 is 5.97 Å². The SMILES string of the molecule is NCCCCc1c(-c2cncc(Br)c2)[nH]c2c(Cl)ccc(C(=O)O)c12. The van der Waals surface area contributed by atoms with Gasteiger partial charge in [0.15, 0.2) is 0 Å². The molecule has 130 valence electrons. The Balaban J connectivity index is 2.28. The Morgan fingerprint density at radius 2 is 2.12 bits per heavy atom. The molecule has 0 atom stereocenters. The molecule has 0 radical (unpaired) electrons. The molecule has 0 saturated heterocycles. The summed E-state index contributed by atoms with van der Waals surface area (Å²) in [5.41, 5.74) is 9.15. The van der Waals surface area contributed by atoms with Gasteiger partial charge in [0, 0.05) is 27.8 Å². The zero-order valence-corrected chi connectivity index (χ0v) is 15.7. The molecule has 25 heavy (non-hydrogen) atoms. The Bertz CT molecular complexity index is 939. The van der Waals surface area contributed by atoms with Crippen molar-refractivity contribution in [1.29, 1.82) is 0 Å². The van der Waals surface area contributed by atoms with Crippen LogP contribution in [0.25, 0.3) is 22.2 Å². The number of rotatable bonds is 6. The maximum Gasteiger partial charge on any atom is 0.336 e. The Kier molecular flexibility index (Phi) is 5.42. The quantitative estimate of drug-likeness (QED) is 0.505. The van der Waals surface area contributed by atoms with Gasteiger partial charge in [0.05, 0.1) is 21.8 Å². The second-order valence-electron chi connectivity index (χ2n) is 5.77. The van der Waals surface area contributed by atoms with Crippen molar-refractivity contribution in [3.05, 3.63) is 51.2 Å². The summed E-state index contributed by atoms with van der Waals surface area (Å²) in [5, 5.41) is 10.8. The van der Waals surface area contributed by atoms with E-state index in [2.05, 4.69) is 25.9 Å². The summed E-state index contributed by atoms with van der Waals surface area (Å²) in [5.74, 6) is -0.973. The van der Waals surface area contributed by atoms with Gasteiger partial charge in [-0.2, -0.15) is 0 Å². The fourth-order valence-electron chi connectivity index (χ4n) is 3.01. The van der Waals surface area contributed by atoms with E-state index >= 15 is 0 Å². The monoisotopic (exact) mass is 421 g/mol. The highest BCUT2D eigenvalue weighted by Gasteiger charge is 2.21. The van der Waals surface area contributed by atoms with Crippen LogP contribution < -0.4 is 5.73 Å². The lowest BCUT2D eigenvalue weighted by Crippen LogP contribution is -2.01. The fraction of sp³-hybridized carbons (Fsp3) is 0.222. The topological polar surface area (TPSA) is 92.0 Å². The van der Waals surface area contributed by atoms with Crippen molar-refractivity contribution in [2.24, 2.45) is 5.73 Å². The molecule has 0 aliphatic heterocycles. The number of nitrogens with zero attached hydrogens (tertiary/aromatic N) is 1. The molecule has 0 fully saturated rings. The maximum absolute atomic E-state index is 11.7. The highest BCUT2D eigenvalue weighted by molar-refractivity contribution is 9.10. The van der Waals surface area contributed by atoms with Crippen LogP contribution in [0.5, 0.6) is 0 Å². The molecule has 2 aromatic heterocycles. The van der Waals surface area contributed by atoms with Crippen LogP contribution in [0.3, 0.4) is 0 Å². The third kappa shape index (κ3) is 3.56. The van der Waals surface area contributed by atoms with E-state index in [0.29, 0.717) is 28.9 Å². The summed E-state index contributed by atoms with van der Waals surface area (Å²) in [7, 11) is 0. The van der Waals surface area contributed by atoms with Gasteiger partial charge in [0.25, 0.3) is 0 Å². The van der Waals surface area contributed by atoms with Gasteiger partial charge in [-0.15, -0.1) is 0 Å². The summed E-state index contributed by atoms with van der Waals surface area (Å²) in [6.07, 6.45) is 5.89. The summed E-state index contributed by atoms with van der Waals surface area (Å²) >= 11 is 9.76.